The Morgan fingerprint density at radius 2 is 1.92 bits per heavy atom. The molecule has 0 saturated carbocycles. The Labute approximate surface area is 80.5 Å². The van der Waals surface area contributed by atoms with Crippen LogP contribution in [-0.4, -0.2) is 6.54 Å². The van der Waals surface area contributed by atoms with Gasteiger partial charge in [-0.2, -0.15) is 0 Å². The molecule has 0 aromatic heterocycles. The summed E-state index contributed by atoms with van der Waals surface area (Å²) in [5.74, 6) is 0. The number of rotatable bonds is 0. The predicted octanol–water partition coefficient (Wildman–Crippen LogP) is 2.94. The van der Waals surface area contributed by atoms with E-state index in [4.69, 9.17) is 0 Å². The van der Waals surface area contributed by atoms with E-state index in [2.05, 4.69) is 50.9 Å². The van der Waals surface area contributed by atoms with Crippen LogP contribution in [0, 0.1) is 0 Å². The van der Waals surface area contributed by atoms with Crippen molar-refractivity contribution in [2.75, 3.05) is 6.54 Å². The minimum absolute atomic E-state index is 0.894. The lowest BCUT2D eigenvalue weighted by atomic mass is 10.1. The molecule has 0 aromatic rings. The molecule has 70 valence electrons. The van der Waals surface area contributed by atoms with Gasteiger partial charge in [0.1, 0.15) is 0 Å². The molecule has 0 aliphatic carbocycles. The van der Waals surface area contributed by atoms with Gasteiger partial charge in [0.05, 0.1) is 0 Å². The zero-order valence-electron chi connectivity index (χ0n) is 8.65. The molecule has 13 heavy (non-hydrogen) atoms. The molecular weight excluding hydrogens is 158 g/mol. The van der Waals surface area contributed by atoms with Crippen LogP contribution in [0.25, 0.3) is 0 Å². The molecule has 1 nitrogen and oxygen atoms in total. The zero-order valence-corrected chi connectivity index (χ0v) is 8.65. The summed E-state index contributed by atoms with van der Waals surface area (Å²) in [6.07, 6.45) is 6.43. The Kier molecular flexibility index (Phi) is 3.13. The molecular formula is C12H17N. The molecule has 1 aliphatic heterocycles. The molecule has 0 amide bonds. The lowest BCUT2D eigenvalue weighted by Crippen LogP contribution is -2.10. The maximum absolute atomic E-state index is 4.01. The second-order valence-corrected chi connectivity index (χ2v) is 3.51. The van der Waals surface area contributed by atoms with Gasteiger partial charge in [0.25, 0.3) is 0 Å². The van der Waals surface area contributed by atoms with Crippen LogP contribution in [0.15, 0.2) is 47.2 Å². The van der Waals surface area contributed by atoms with Crippen molar-refractivity contribution in [1.82, 2.24) is 5.32 Å². The number of nitrogens with one attached hydrogen (secondary N) is 1. The highest BCUT2D eigenvalue weighted by Crippen LogP contribution is 2.13. The molecule has 1 rings (SSSR count). The van der Waals surface area contributed by atoms with Crippen molar-refractivity contribution in [3.8, 4) is 0 Å². The van der Waals surface area contributed by atoms with Gasteiger partial charge in [-0.1, -0.05) is 24.3 Å². The van der Waals surface area contributed by atoms with Gasteiger partial charge in [-0.25, -0.2) is 0 Å². The van der Waals surface area contributed by atoms with Crippen LogP contribution in [0.3, 0.4) is 0 Å². The summed E-state index contributed by atoms with van der Waals surface area (Å²) in [5.41, 5.74) is 4.77. The largest absolute Gasteiger partial charge is 0.385 e. The molecule has 0 bridgehead atoms. The Morgan fingerprint density at radius 1 is 1.23 bits per heavy atom. The Hall–Kier alpha value is -1.24. The fourth-order valence-corrected chi connectivity index (χ4v) is 1.29. The van der Waals surface area contributed by atoms with Gasteiger partial charge in [0, 0.05) is 12.2 Å². The second kappa shape index (κ2) is 4.13. The van der Waals surface area contributed by atoms with Crippen LogP contribution in [0.4, 0.5) is 0 Å². The first-order valence-corrected chi connectivity index (χ1v) is 4.56. The van der Waals surface area contributed by atoms with Crippen LogP contribution in [0.5, 0.6) is 0 Å². The summed E-state index contributed by atoms with van der Waals surface area (Å²) < 4.78 is 0. The standard InChI is InChI=1S/C12H17N/c1-9-5-6-13-12(4)8-11(3)10(2)7-9/h5,7-8,13H,3,6H2,1-2,4H3/b9-5-,10-7-,12-8-. The quantitative estimate of drug-likeness (QED) is 0.597. The van der Waals surface area contributed by atoms with E-state index in [0.717, 1.165) is 12.1 Å². The monoisotopic (exact) mass is 175 g/mol. The highest BCUT2D eigenvalue weighted by Gasteiger charge is 1.97. The lowest BCUT2D eigenvalue weighted by Gasteiger charge is -2.03. The van der Waals surface area contributed by atoms with E-state index in [9.17, 15) is 0 Å². The van der Waals surface area contributed by atoms with Gasteiger partial charge < -0.3 is 5.32 Å². The van der Waals surface area contributed by atoms with E-state index in [1.165, 1.54) is 16.8 Å². The van der Waals surface area contributed by atoms with Crippen LogP contribution < -0.4 is 5.32 Å². The SMILES string of the molecule is C=C1/C=C(/C)NC/C=C(C)\C=C/1C. The number of allylic oxidation sites excluding steroid dienone is 6. The van der Waals surface area contributed by atoms with Crippen LogP contribution in [-0.2, 0) is 0 Å². The van der Waals surface area contributed by atoms with Crippen molar-refractivity contribution in [2.45, 2.75) is 20.8 Å². The van der Waals surface area contributed by atoms with E-state index in [0.29, 0.717) is 0 Å². The maximum Gasteiger partial charge on any atom is 0.0333 e. The van der Waals surface area contributed by atoms with Crippen LogP contribution in [0.1, 0.15) is 20.8 Å². The molecule has 0 atom stereocenters. The van der Waals surface area contributed by atoms with Gasteiger partial charge in [-0.05, 0) is 38.0 Å². The van der Waals surface area contributed by atoms with E-state index in [1.54, 1.807) is 0 Å². The molecule has 1 heterocycles. The summed E-state index contributed by atoms with van der Waals surface area (Å²) in [6, 6.07) is 0. The van der Waals surface area contributed by atoms with Gasteiger partial charge in [0.15, 0.2) is 0 Å². The minimum atomic E-state index is 0.894. The summed E-state index contributed by atoms with van der Waals surface area (Å²) in [7, 11) is 0. The van der Waals surface area contributed by atoms with Crippen molar-refractivity contribution in [2.24, 2.45) is 0 Å². The minimum Gasteiger partial charge on any atom is -0.385 e. The van der Waals surface area contributed by atoms with Crippen LogP contribution >= 0.6 is 0 Å². The average molecular weight is 175 g/mol. The van der Waals surface area contributed by atoms with Crippen molar-refractivity contribution in [3.63, 3.8) is 0 Å². The topological polar surface area (TPSA) is 12.0 Å². The maximum atomic E-state index is 4.01. The highest BCUT2D eigenvalue weighted by molar-refractivity contribution is 5.41. The van der Waals surface area contributed by atoms with Crippen LogP contribution in [0.2, 0.25) is 0 Å². The normalized spacial score (nSPS) is 30.7. The summed E-state index contributed by atoms with van der Waals surface area (Å²) >= 11 is 0. The van der Waals surface area contributed by atoms with Gasteiger partial charge >= 0.3 is 0 Å². The van der Waals surface area contributed by atoms with E-state index in [1.807, 2.05) is 0 Å². The zero-order chi connectivity index (χ0) is 9.84. The third-order valence-electron chi connectivity index (χ3n) is 2.15. The molecule has 0 radical (unpaired) electrons. The fourth-order valence-electron chi connectivity index (χ4n) is 1.29. The Bertz CT molecular complexity index is 303. The van der Waals surface area contributed by atoms with E-state index in [-0.39, 0.29) is 0 Å². The first-order valence-electron chi connectivity index (χ1n) is 4.56. The van der Waals surface area contributed by atoms with E-state index >= 15 is 0 Å². The number of hydrogen-bond donors (Lipinski definition) is 1. The number of hydrogen-bond acceptors (Lipinski definition) is 1. The smallest absolute Gasteiger partial charge is 0.0333 e. The second-order valence-electron chi connectivity index (χ2n) is 3.51. The van der Waals surface area contributed by atoms with Gasteiger partial charge in [-0.3, -0.25) is 0 Å². The lowest BCUT2D eigenvalue weighted by molar-refractivity contribution is 0.901. The summed E-state index contributed by atoms with van der Waals surface area (Å²) in [4.78, 5) is 0. The Morgan fingerprint density at radius 3 is 2.62 bits per heavy atom. The molecule has 0 fully saturated rings. The molecule has 0 saturated heterocycles. The van der Waals surface area contributed by atoms with Crippen molar-refractivity contribution in [3.05, 3.63) is 47.2 Å². The first kappa shape index (κ1) is 9.85. The molecule has 0 spiro atoms. The molecule has 1 aliphatic rings. The van der Waals surface area contributed by atoms with Gasteiger partial charge in [0.2, 0.25) is 0 Å². The fraction of sp³-hybridized carbons (Fsp3) is 0.333. The van der Waals surface area contributed by atoms with E-state index < -0.39 is 0 Å². The summed E-state index contributed by atoms with van der Waals surface area (Å²) in [6.45, 7) is 11.2. The molecule has 0 unspecified atom stereocenters. The van der Waals surface area contributed by atoms with Crippen molar-refractivity contribution >= 4 is 0 Å². The van der Waals surface area contributed by atoms with Crippen molar-refractivity contribution in [1.29, 1.82) is 0 Å². The third kappa shape index (κ3) is 2.94. The highest BCUT2D eigenvalue weighted by atomic mass is 14.9. The molecule has 1 heteroatoms. The van der Waals surface area contributed by atoms with Gasteiger partial charge in [-0.15, -0.1) is 0 Å². The van der Waals surface area contributed by atoms with Crippen molar-refractivity contribution < 1.29 is 0 Å². The third-order valence-corrected chi connectivity index (χ3v) is 2.15. The average Bonchev–Trinajstić information content (AvgIpc) is 2.06. The predicted molar refractivity (Wildman–Crippen MR) is 58.4 cm³/mol. The molecule has 0 aromatic carbocycles. The summed E-state index contributed by atoms with van der Waals surface area (Å²) in [5, 5.41) is 3.30. The Balaban J connectivity index is 2.99. The first-order chi connectivity index (χ1) is 6.09. The molecule has 1 N–H and O–H groups in total.